The molecule has 2 amide bonds. The molecule has 1 aliphatic carbocycles. The second kappa shape index (κ2) is 4.49. The summed E-state index contributed by atoms with van der Waals surface area (Å²) in [5.74, 6) is 0.776. The highest BCUT2D eigenvalue weighted by Gasteiger charge is 2.25. The lowest BCUT2D eigenvalue weighted by molar-refractivity contribution is 0.195. The molecule has 3 heteroatoms. The van der Waals surface area contributed by atoms with Crippen LogP contribution in [0.25, 0.3) is 0 Å². The van der Waals surface area contributed by atoms with Gasteiger partial charge in [0.1, 0.15) is 0 Å². The summed E-state index contributed by atoms with van der Waals surface area (Å²) < 4.78 is 0. The molecule has 0 heterocycles. The Kier molecular flexibility index (Phi) is 3.58. The fourth-order valence-electron chi connectivity index (χ4n) is 1.31. The number of nitrogens with zero attached hydrogens (tertiary/aromatic N) is 1. The van der Waals surface area contributed by atoms with Crippen LogP contribution in [0.1, 0.15) is 33.6 Å². The van der Waals surface area contributed by atoms with Gasteiger partial charge in [0, 0.05) is 19.1 Å². The fraction of sp³-hybridized carbons (Fsp3) is 0.900. The molecule has 1 rings (SSSR count). The highest BCUT2D eigenvalue weighted by atomic mass is 16.2. The number of rotatable bonds is 4. The van der Waals surface area contributed by atoms with E-state index in [1.165, 1.54) is 12.8 Å². The predicted molar refractivity (Wildman–Crippen MR) is 53.6 cm³/mol. The van der Waals surface area contributed by atoms with Gasteiger partial charge in [-0.2, -0.15) is 0 Å². The van der Waals surface area contributed by atoms with Gasteiger partial charge in [-0.15, -0.1) is 0 Å². The van der Waals surface area contributed by atoms with Crippen LogP contribution in [0.15, 0.2) is 0 Å². The lowest BCUT2D eigenvalue weighted by Crippen LogP contribution is -2.43. The molecule has 0 saturated heterocycles. The molecule has 13 heavy (non-hydrogen) atoms. The zero-order valence-electron chi connectivity index (χ0n) is 8.84. The minimum Gasteiger partial charge on any atom is -0.336 e. The number of hydrogen-bond acceptors (Lipinski definition) is 1. The van der Waals surface area contributed by atoms with Crippen LogP contribution in [0.2, 0.25) is 0 Å². The van der Waals surface area contributed by atoms with Crippen LogP contribution in [-0.2, 0) is 0 Å². The van der Waals surface area contributed by atoms with E-state index in [1.807, 2.05) is 25.7 Å². The van der Waals surface area contributed by atoms with E-state index >= 15 is 0 Å². The second-order valence-corrected chi connectivity index (χ2v) is 4.09. The molecule has 0 aromatic heterocycles. The molecule has 0 radical (unpaired) electrons. The van der Waals surface area contributed by atoms with Gasteiger partial charge in [0.15, 0.2) is 0 Å². The van der Waals surface area contributed by atoms with Gasteiger partial charge in [-0.1, -0.05) is 0 Å². The largest absolute Gasteiger partial charge is 0.336 e. The smallest absolute Gasteiger partial charge is 0.317 e. The third-order valence-corrected chi connectivity index (χ3v) is 2.26. The van der Waals surface area contributed by atoms with Crippen molar-refractivity contribution in [2.75, 3.05) is 13.1 Å². The quantitative estimate of drug-likeness (QED) is 0.710. The second-order valence-electron chi connectivity index (χ2n) is 4.09. The van der Waals surface area contributed by atoms with E-state index < -0.39 is 0 Å². The number of amides is 2. The van der Waals surface area contributed by atoms with Crippen LogP contribution >= 0.6 is 0 Å². The lowest BCUT2D eigenvalue weighted by atomic mass is 10.3. The SMILES string of the molecule is CCN(CC1CC1)C(=O)NC(C)C. The first kappa shape index (κ1) is 10.4. The summed E-state index contributed by atoms with van der Waals surface area (Å²) in [6, 6.07) is 0.324. The van der Waals surface area contributed by atoms with Crippen molar-refractivity contribution >= 4 is 6.03 Å². The van der Waals surface area contributed by atoms with Crippen LogP contribution in [-0.4, -0.2) is 30.1 Å². The number of carbonyl (C=O) groups is 1. The highest BCUT2D eigenvalue weighted by Crippen LogP contribution is 2.29. The Morgan fingerprint density at radius 2 is 2.15 bits per heavy atom. The number of hydrogen-bond donors (Lipinski definition) is 1. The van der Waals surface area contributed by atoms with Crippen LogP contribution in [0, 0.1) is 5.92 Å². The molecule has 1 N–H and O–H groups in total. The van der Waals surface area contributed by atoms with Gasteiger partial charge in [-0.3, -0.25) is 0 Å². The maximum atomic E-state index is 11.6. The Morgan fingerprint density at radius 1 is 1.54 bits per heavy atom. The van der Waals surface area contributed by atoms with Crippen molar-refractivity contribution in [2.45, 2.75) is 39.7 Å². The highest BCUT2D eigenvalue weighted by molar-refractivity contribution is 5.74. The summed E-state index contributed by atoms with van der Waals surface area (Å²) in [6.07, 6.45) is 2.59. The maximum absolute atomic E-state index is 11.6. The van der Waals surface area contributed by atoms with Crippen molar-refractivity contribution in [3.8, 4) is 0 Å². The minimum absolute atomic E-state index is 0.0874. The molecule has 1 saturated carbocycles. The van der Waals surface area contributed by atoms with Gasteiger partial charge in [-0.25, -0.2) is 4.79 Å². The molecule has 0 aliphatic heterocycles. The van der Waals surface area contributed by atoms with Crippen molar-refractivity contribution in [1.29, 1.82) is 0 Å². The predicted octanol–water partition coefficient (Wildman–Crippen LogP) is 1.84. The monoisotopic (exact) mass is 184 g/mol. The molecule has 0 atom stereocenters. The standard InChI is InChI=1S/C10H20N2O/c1-4-12(7-9-5-6-9)10(13)11-8(2)3/h8-9H,4-7H2,1-3H3,(H,11,13). The number of carbonyl (C=O) groups excluding carboxylic acids is 1. The molecule has 1 aliphatic rings. The fourth-order valence-corrected chi connectivity index (χ4v) is 1.31. The van der Waals surface area contributed by atoms with Crippen LogP contribution < -0.4 is 5.32 Å². The third kappa shape index (κ3) is 3.66. The Labute approximate surface area is 80.5 Å². The average molecular weight is 184 g/mol. The molecule has 76 valence electrons. The Hall–Kier alpha value is -0.730. The Balaban J connectivity index is 2.30. The molecule has 0 unspecified atom stereocenters. The Bertz CT molecular complexity index is 176. The normalized spacial score (nSPS) is 16.0. The topological polar surface area (TPSA) is 32.3 Å². The molecule has 0 aromatic rings. The van der Waals surface area contributed by atoms with E-state index in [0.717, 1.165) is 19.0 Å². The van der Waals surface area contributed by atoms with Crippen molar-refractivity contribution in [2.24, 2.45) is 5.92 Å². The summed E-state index contributed by atoms with van der Waals surface area (Å²) in [4.78, 5) is 13.5. The molecule has 1 fully saturated rings. The van der Waals surface area contributed by atoms with Gasteiger partial charge in [-0.05, 0) is 39.5 Å². The summed E-state index contributed by atoms with van der Waals surface area (Å²) in [5, 5.41) is 2.91. The van der Waals surface area contributed by atoms with Gasteiger partial charge in [0.05, 0.1) is 0 Å². The van der Waals surface area contributed by atoms with Crippen molar-refractivity contribution in [3.63, 3.8) is 0 Å². The third-order valence-electron chi connectivity index (χ3n) is 2.26. The number of urea groups is 1. The first-order chi connectivity index (χ1) is 6.13. The maximum Gasteiger partial charge on any atom is 0.317 e. The molecular formula is C10H20N2O. The zero-order chi connectivity index (χ0) is 9.84. The van der Waals surface area contributed by atoms with Crippen molar-refractivity contribution in [3.05, 3.63) is 0 Å². The van der Waals surface area contributed by atoms with E-state index in [2.05, 4.69) is 5.32 Å². The van der Waals surface area contributed by atoms with E-state index in [0.29, 0.717) is 0 Å². The van der Waals surface area contributed by atoms with E-state index in [-0.39, 0.29) is 12.1 Å². The minimum atomic E-state index is 0.0874. The van der Waals surface area contributed by atoms with E-state index in [1.54, 1.807) is 0 Å². The zero-order valence-corrected chi connectivity index (χ0v) is 8.84. The van der Waals surface area contributed by atoms with Gasteiger partial charge in [0.2, 0.25) is 0 Å². The van der Waals surface area contributed by atoms with E-state index in [4.69, 9.17) is 0 Å². The molecular weight excluding hydrogens is 164 g/mol. The first-order valence-corrected chi connectivity index (χ1v) is 5.19. The van der Waals surface area contributed by atoms with Crippen LogP contribution in [0.4, 0.5) is 4.79 Å². The lowest BCUT2D eigenvalue weighted by Gasteiger charge is -2.22. The van der Waals surface area contributed by atoms with Gasteiger partial charge in [0.25, 0.3) is 0 Å². The van der Waals surface area contributed by atoms with Gasteiger partial charge < -0.3 is 10.2 Å². The van der Waals surface area contributed by atoms with Crippen LogP contribution in [0.3, 0.4) is 0 Å². The molecule has 0 spiro atoms. The summed E-state index contributed by atoms with van der Waals surface area (Å²) in [6.45, 7) is 7.76. The van der Waals surface area contributed by atoms with E-state index in [9.17, 15) is 4.79 Å². The average Bonchev–Trinajstić information content (AvgIpc) is 2.81. The van der Waals surface area contributed by atoms with Crippen LogP contribution in [0.5, 0.6) is 0 Å². The molecule has 0 bridgehead atoms. The summed E-state index contributed by atoms with van der Waals surface area (Å²) >= 11 is 0. The van der Waals surface area contributed by atoms with Gasteiger partial charge >= 0.3 is 6.03 Å². The molecule has 3 nitrogen and oxygen atoms in total. The Morgan fingerprint density at radius 3 is 2.54 bits per heavy atom. The summed E-state index contributed by atoms with van der Waals surface area (Å²) in [5.41, 5.74) is 0. The molecule has 0 aromatic carbocycles. The van der Waals surface area contributed by atoms with Crippen molar-refractivity contribution < 1.29 is 4.79 Å². The number of nitrogens with one attached hydrogen (secondary N) is 1. The van der Waals surface area contributed by atoms with Crippen molar-refractivity contribution in [1.82, 2.24) is 10.2 Å². The summed E-state index contributed by atoms with van der Waals surface area (Å²) in [7, 11) is 0. The first-order valence-electron chi connectivity index (χ1n) is 5.19.